The highest BCUT2D eigenvalue weighted by atomic mass is 32.2. The standard InChI is InChI=1S/C20H24FN3O4S/c1-14-3-6-18(15(2)11-14)23-20(25)13-22-16-4-5-17(21)19(12-16)29(26,27)24-7-9-28-10-8-24/h3-6,11-12,22H,7-10,13H2,1-2H3,(H,23,25). The van der Waals surface area contributed by atoms with Crippen molar-refractivity contribution < 1.29 is 22.3 Å². The largest absolute Gasteiger partial charge is 0.379 e. The second kappa shape index (κ2) is 8.89. The number of carbonyl (C=O) groups excluding carboxylic acids is 1. The number of rotatable bonds is 6. The maximum absolute atomic E-state index is 14.2. The van der Waals surface area contributed by atoms with Gasteiger partial charge in [-0.2, -0.15) is 4.31 Å². The molecule has 1 aliphatic rings. The zero-order valence-electron chi connectivity index (χ0n) is 16.4. The monoisotopic (exact) mass is 421 g/mol. The number of sulfonamides is 1. The van der Waals surface area contributed by atoms with Crippen LogP contribution in [0.25, 0.3) is 0 Å². The molecule has 0 radical (unpaired) electrons. The first-order valence-electron chi connectivity index (χ1n) is 9.26. The molecule has 9 heteroatoms. The number of aryl methyl sites for hydroxylation is 2. The smallest absolute Gasteiger partial charge is 0.246 e. The second-order valence-electron chi connectivity index (χ2n) is 6.88. The minimum atomic E-state index is -3.97. The van der Waals surface area contributed by atoms with Gasteiger partial charge < -0.3 is 15.4 Å². The van der Waals surface area contributed by atoms with Crippen molar-refractivity contribution in [3.05, 3.63) is 53.3 Å². The van der Waals surface area contributed by atoms with Crippen molar-refractivity contribution in [3.63, 3.8) is 0 Å². The predicted octanol–water partition coefficient (Wildman–Crippen LogP) is 2.51. The van der Waals surface area contributed by atoms with Crippen LogP contribution in [0.15, 0.2) is 41.3 Å². The first kappa shape index (κ1) is 21.2. The fraction of sp³-hybridized carbons (Fsp3) is 0.350. The molecule has 2 aromatic carbocycles. The van der Waals surface area contributed by atoms with E-state index in [1.807, 2.05) is 32.0 Å². The van der Waals surface area contributed by atoms with Crippen molar-refractivity contribution in [1.29, 1.82) is 0 Å². The average Bonchev–Trinajstić information content (AvgIpc) is 2.70. The lowest BCUT2D eigenvalue weighted by Crippen LogP contribution is -2.40. The summed E-state index contributed by atoms with van der Waals surface area (Å²) < 4.78 is 46.1. The van der Waals surface area contributed by atoms with E-state index in [-0.39, 0.29) is 38.8 Å². The Morgan fingerprint density at radius 2 is 1.86 bits per heavy atom. The number of nitrogens with one attached hydrogen (secondary N) is 2. The summed E-state index contributed by atoms with van der Waals surface area (Å²) in [5.74, 6) is -1.12. The molecule has 0 saturated carbocycles. The molecule has 2 aromatic rings. The normalized spacial score (nSPS) is 15.1. The minimum Gasteiger partial charge on any atom is -0.379 e. The molecule has 0 atom stereocenters. The van der Waals surface area contributed by atoms with Crippen molar-refractivity contribution in [1.82, 2.24) is 4.31 Å². The highest BCUT2D eigenvalue weighted by Gasteiger charge is 2.29. The summed E-state index contributed by atoms with van der Waals surface area (Å²) in [7, 11) is -3.97. The molecule has 0 aromatic heterocycles. The van der Waals surface area contributed by atoms with Gasteiger partial charge in [0.15, 0.2) is 0 Å². The quantitative estimate of drug-likeness (QED) is 0.748. The van der Waals surface area contributed by atoms with E-state index in [9.17, 15) is 17.6 Å². The number of hydrogen-bond acceptors (Lipinski definition) is 5. The summed E-state index contributed by atoms with van der Waals surface area (Å²) in [6.07, 6.45) is 0. The molecule has 2 N–H and O–H groups in total. The summed E-state index contributed by atoms with van der Waals surface area (Å²) in [6, 6.07) is 9.39. The van der Waals surface area contributed by atoms with Crippen molar-refractivity contribution in [2.45, 2.75) is 18.7 Å². The molecule has 29 heavy (non-hydrogen) atoms. The van der Waals surface area contributed by atoms with Gasteiger partial charge in [-0.3, -0.25) is 4.79 Å². The fourth-order valence-corrected chi connectivity index (χ4v) is 4.57. The van der Waals surface area contributed by atoms with Gasteiger partial charge in [0.2, 0.25) is 15.9 Å². The minimum absolute atomic E-state index is 0.0873. The summed E-state index contributed by atoms with van der Waals surface area (Å²) in [6.45, 7) is 4.69. The number of amides is 1. The van der Waals surface area contributed by atoms with Crippen LogP contribution < -0.4 is 10.6 Å². The lowest BCUT2D eigenvalue weighted by molar-refractivity contribution is -0.114. The first-order chi connectivity index (χ1) is 13.8. The van der Waals surface area contributed by atoms with Crippen molar-refractivity contribution in [3.8, 4) is 0 Å². The Morgan fingerprint density at radius 3 is 2.55 bits per heavy atom. The Bertz CT molecular complexity index is 1000. The molecule has 1 saturated heterocycles. The molecule has 1 amide bonds. The van der Waals surface area contributed by atoms with E-state index in [4.69, 9.17) is 4.74 Å². The van der Waals surface area contributed by atoms with Crippen LogP contribution in [-0.2, 0) is 19.6 Å². The topological polar surface area (TPSA) is 87.7 Å². The zero-order valence-corrected chi connectivity index (χ0v) is 17.2. The Kier molecular flexibility index (Phi) is 6.51. The number of halogens is 1. The third kappa shape index (κ3) is 5.11. The molecular weight excluding hydrogens is 397 g/mol. The van der Waals surface area contributed by atoms with E-state index in [1.165, 1.54) is 16.4 Å². The van der Waals surface area contributed by atoms with Crippen LogP contribution in [0.2, 0.25) is 0 Å². The SMILES string of the molecule is Cc1ccc(NC(=O)CNc2ccc(F)c(S(=O)(=O)N3CCOCC3)c2)c(C)c1. The Morgan fingerprint density at radius 1 is 1.14 bits per heavy atom. The van der Waals surface area contributed by atoms with E-state index in [2.05, 4.69) is 10.6 Å². The fourth-order valence-electron chi connectivity index (χ4n) is 3.07. The van der Waals surface area contributed by atoms with Crippen molar-refractivity contribution >= 4 is 27.3 Å². The number of carbonyl (C=O) groups is 1. The van der Waals surface area contributed by atoms with Gasteiger partial charge in [-0.05, 0) is 43.7 Å². The highest BCUT2D eigenvalue weighted by molar-refractivity contribution is 7.89. The van der Waals surface area contributed by atoms with E-state index in [0.29, 0.717) is 11.4 Å². The average molecular weight is 421 g/mol. The lowest BCUT2D eigenvalue weighted by atomic mass is 10.1. The Hall–Kier alpha value is -2.49. The summed E-state index contributed by atoms with van der Waals surface area (Å²) in [5, 5.41) is 5.65. The molecule has 0 spiro atoms. The molecule has 0 aliphatic carbocycles. The molecule has 1 heterocycles. The molecule has 7 nitrogen and oxygen atoms in total. The number of anilines is 2. The van der Waals surface area contributed by atoms with Crippen LogP contribution in [0.5, 0.6) is 0 Å². The molecule has 156 valence electrons. The number of hydrogen-bond donors (Lipinski definition) is 2. The van der Waals surface area contributed by atoms with E-state index in [0.717, 1.165) is 17.2 Å². The van der Waals surface area contributed by atoms with Gasteiger partial charge in [0.25, 0.3) is 0 Å². The van der Waals surface area contributed by atoms with Crippen LogP contribution >= 0.6 is 0 Å². The molecule has 1 fully saturated rings. The van der Waals surface area contributed by atoms with Gasteiger partial charge >= 0.3 is 0 Å². The van der Waals surface area contributed by atoms with Crippen molar-refractivity contribution in [2.24, 2.45) is 0 Å². The maximum Gasteiger partial charge on any atom is 0.246 e. The first-order valence-corrected chi connectivity index (χ1v) is 10.7. The van der Waals surface area contributed by atoms with Gasteiger partial charge in [0.05, 0.1) is 19.8 Å². The Balaban J connectivity index is 1.68. The molecule has 3 rings (SSSR count). The number of ether oxygens (including phenoxy) is 1. The van der Waals surface area contributed by atoms with Gasteiger partial charge in [-0.1, -0.05) is 17.7 Å². The third-order valence-electron chi connectivity index (χ3n) is 4.63. The van der Waals surface area contributed by atoms with E-state index < -0.39 is 20.7 Å². The van der Waals surface area contributed by atoms with Gasteiger partial charge in [0.1, 0.15) is 10.7 Å². The van der Waals surface area contributed by atoms with Crippen LogP contribution in [-0.4, -0.2) is 51.5 Å². The number of nitrogens with zero attached hydrogens (tertiary/aromatic N) is 1. The van der Waals surface area contributed by atoms with Gasteiger partial charge in [-0.25, -0.2) is 12.8 Å². The summed E-state index contributed by atoms with van der Waals surface area (Å²) >= 11 is 0. The number of morpholine rings is 1. The summed E-state index contributed by atoms with van der Waals surface area (Å²) in [4.78, 5) is 11.8. The van der Waals surface area contributed by atoms with Crippen LogP contribution in [0.3, 0.4) is 0 Å². The van der Waals surface area contributed by atoms with E-state index in [1.54, 1.807) is 0 Å². The Labute approximate surface area is 169 Å². The number of benzene rings is 2. The summed E-state index contributed by atoms with van der Waals surface area (Å²) in [5.41, 5.74) is 3.09. The predicted molar refractivity (Wildman–Crippen MR) is 109 cm³/mol. The van der Waals surface area contributed by atoms with Gasteiger partial charge in [-0.15, -0.1) is 0 Å². The highest BCUT2D eigenvalue weighted by Crippen LogP contribution is 2.24. The maximum atomic E-state index is 14.2. The molecule has 0 unspecified atom stereocenters. The zero-order chi connectivity index (χ0) is 21.0. The third-order valence-corrected chi connectivity index (χ3v) is 6.54. The lowest BCUT2D eigenvalue weighted by Gasteiger charge is -2.26. The molecule has 0 bridgehead atoms. The van der Waals surface area contributed by atoms with Crippen LogP contribution in [0, 0.1) is 19.7 Å². The van der Waals surface area contributed by atoms with Crippen molar-refractivity contribution in [2.75, 3.05) is 43.5 Å². The van der Waals surface area contributed by atoms with E-state index >= 15 is 0 Å². The van der Waals surface area contributed by atoms with Gasteiger partial charge in [0, 0.05) is 24.5 Å². The molecule has 1 aliphatic heterocycles. The molecular formula is C20H24FN3O4S. The van der Waals surface area contributed by atoms with Crippen LogP contribution in [0.1, 0.15) is 11.1 Å². The second-order valence-corrected chi connectivity index (χ2v) is 8.79. The van der Waals surface area contributed by atoms with Crippen LogP contribution in [0.4, 0.5) is 15.8 Å².